The maximum atomic E-state index is 8.73. The lowest BCUT2D eigenvalue weighted by molar-refractivity contribution is 0.283. The van der Waals surface area contributed by atoms with Gasteiger partial charge in [0.15, 0.2) is 0 Å². The van der Waals surface area contributed by atoms with Gasteiger partial charge in [-0.3, -0.25) is 0 Å². The first kappa shape index (κ1) is 14.8. The lowest BCUT2D eigenvalue weighted by Crippen LogP contribution is -2.20. The first-order chi connectivity index (χ1) is 8.77. The van der Waals surface area contributed by atoms with Gasteiger partial charge < -0.3 is 15.3 Å². The van der Waals surface area contributed by atoms with E-state index >= 15 is 0 Å². The van der Waals surface area contributed by atoms with Crippen LogP contribution in [0.15, 0.2) is 18.2 Å². The second-order valence-electron chi connectivity index (χ2n) is 4.51. The van der Waals surface area contributed by atoms with Crippen LogP contribution in [0.25, 0.3) is 0 Å². The summed E-state index contributed by atoms with van der Waals surface area (Å²) in [6, 6.07) is 6.06. The van der Waals surface area contributed by atoms with Crippen molar-refractivity contribution in [2.75, 3.05) is 37.0 Å². The molecular formula is C14H25N3O. The summed E-state index contributed by atoms with van der Waals surface area (Å²) in [5.41, 5.74) is 0. The fraction of sp³-hybridized carbons (Fsp3) is 0.643. The van der Waals surface area contributed by atoms with E-state index in [0.717, 1.165) is 50.4 Å². The summed E-state index contributed by atoms with van der Waals surface area (Å²) in [6.45, 7) is 4.36. The Bertz CT molecular complexity index is 331. The molecule has 102 valence electrons. The van der Waals surface area contributed by atoms with E-state index in [4.69, 9.17) is 5.11 Å². The Morgan fingerprint density at radius 2 is 2.11 bits per heavy atom. The highest BCUT2D eigenvalue weighted by molar-refractivity contribution is 5.46. The standard InChI is InChI=1S/C14H25N3O/c1-3-10-15-13-8-7-9-14(16-13)17(2)11-5-4-6-12-18/h7-9,18H,3-6,10-12H2,1-2H3,(H,15,16). The van der Waals surface area contributed by atoms with E-state index in [9.17, 15) is 0 Å². The van der Waals surface area contributed by atoms with Crippen LogP contribution in [0.5, 0.6) is 0 Å². The number of unbranched alkanes of at least 4 members (excludes halogenated alkanes) is 2. The number of anilines is 2. The van der Waals surface area contributed by atoms with Crippen LogP contribution < -0.4 is 10.2 Å². The minimum atomic E-state index is 0.290. The number of hydrogen-bond acceptors (Lipinski definition) is 4. The summed E-state index contributed by atoms with van der Waals surface area (Å²) in [5.74, 6) is 1.94. The molecular weight excluding hydrogens is 226 g/mol. The van der Waals surface area contributed by atoms with E-state index in [1.807, 2.05) is 18.2 Å². The van der Waals surface area contributed by atoms with E-state index in [0.29, 0.717) is 6.61 Å². The van der Waals surface area contributed by atoms with E-state index < -0.39 is 0 Å². The van der Waals surface area contributed by atoms with Crippen molar-refractivity contribution in [3.05, 3.63) is 18.2 Å². The topological polar surface area (TPSA) is 48.4 Å². The molecule has 0 aliphatic carbocycles. The number of rotatable bonds is 9. The minimum absolute atomic E-state index is 0.290. The predicted octanol–water partition coefficient (Wildman–Crippen LogP) is 2.50. The summed E-state index contributed by atoms with van der Waals surface area (Å²) >= 11 is 0. The van der Waals surface area contributed by atoms with E-state index in [-0.39, 0.29) is 0 Å². The van der Waals surface area contributed by atoms with Crippen molar-refractivity contribution >= 4 is 11.6 Å². The van der Waals surface area contributed by atoms with Crippen LogP contribution in [0.4, 0.5) is 11.6 Å². The molecule has 0 bridgehead atoms. The maximum Gasteiger partial charge on any atom is 0.130 e. The van der Waals surface area contributed by atoms with Crippen LogP contribution in [0.1, 0.15) is 32.6 Å². The van der Waals surface area contributed by atoms with E-state index in [1.54, 1.807) is 0 Å². The van der Waals surface area contributed by atoms with Gasteiger partial charge in [-0.25, -0.2) is 4.98 Å². The van der Waals surface area contributed by atoms with Crippen LogP contribution in [0.2, 0.25) is 0 Å². The van der Waals surface area contributed by atoms with Gasteiger partial charge in [0.05, 0.1) is 0 Å². The van der Waals surface area contributed by atoms with Crippen molar-refractivity contribution < 1.29 is 5.11 Å². The van der Waals surface area contributed by atoms with Crippen molar-refractivity contribution in [3.63, 3.8) is 0 Å². The minimum Gasteiger partial charge on any atom is -0.396 e. The highest BCUT2D eigenvalue weighted by Crippen LogP contribution is 2.13. The SMILES string of the molecule is CCCNc1cccc(N(C)CCCCCO)n1. The Morgan fingerprint density at radius 1 is 1.28 bits per heavy atom. The highest BCUT2D eigenvalue weighted by Gasteiger charge is 2.03. The van der Waals surface area contributed by atoms with Crippen LogP contribution in [0.3, 0.4) is 0 Å². The number of nitrogens with one attached hydrogen (secondary N) is 1. The third-order valence-corrected chi connectivity index (χ3v) is 2.83. The Hall–Kier alpha value is -1.29. The molecule has 0 saturated heterocycles. The van der Waals surface area contributed by atoms with Crippen LogP contribution in [0, 0.1) is 0 Å². The smallest absolute Gasteiger partial charge is 0.130 e. The molecule has 0 fully saturated rings. The summed E-state index contributed by atoms with van der Waals surface area (Å²) in [5, 5.41) is 12.0. The van der Waals surface area contributed by atoms with E-state index in [2.05, 4.69) is 29.2 Å². The van der Waals surface area contributed by atoms with Crippen molar-refractivity contribution in [3.8, 4) is 0 Å². The first-order valence-corrected chi connectivity index (χ1v) is 6.81. The average Bonchev–Trinajstić information content (AvgIpc) is 2.41. The number of aromatic nitrogens is 1. The van der Waals surface area contributed by atoms with Gasteiger partial charge >= 0.3 is 0 Å². The molecule has 0 aliphatic heterocycles. The first-order valence-electron chi connectivity index (χ1n) is 6.81. The summed E-state index contributed by atoms with van der Waals surface area (Å²) < 4.78 is 0. The van der Waals surface area contributed by atoms with Gasteiger partial charge in [0.2, 0.25) is 0 Å². The molecule has 0 aromatic carbocycles. The Kier molecular flexibility index (Phi) is 7.18. The molecule has 1 aromatic rings. The Balaban J connectivity index is 2.43. The van der Waals surface area contributed by atoms with Gasteiger partial charge in [0, 0.05) is 26.7 Å². The fourth-order valence-electron chi connectivity index (χ4n) is 1.74. The molecule has 0 spiro atoms. The largest absolute Gasteiger partial charge is 0.396 e. The zero-order valence-electron chi connectivity index (χ0n) is 11.5. The molecule has 1 rings (SSSR count). The van der Waals surface area contributed by atoms with E-state index in [1.165, 1.54) is 0 Å². The molecule has 0 atom stereocenters. The molecule has 18 heavy (non-hydrogen) atoms. The molecule has 0 radical (unpaired) electrons. The number of nitrogens with zero attached hydrogens (tertiary/aromatic N) is 2. The Labute approximate surface area is 110 Å². The number of hydrogen-bond donors (Lipinski definition) is 2. The van der Waals surface area contributed by atoms with Gasteiger partial charge in [0.1, 0.15) is 11.6 Å². The van der Waals surface area contributed by atoms with Gasteiger partial charge in [-0.1, -0.05) is 13.0 Å². The second-order valence-corrected chi connectivity index (χ2v) is 4.51. The number of pyridine rings is 1. The zero-order valence-corrected chi connectivity index (χ0v) is 11.5. The van der Waals surface area contributed by atoms with Crippen molar-refractivity contribution in [2.24, 2.45) is 0 Å². The molecule has 1 heterocycles. The highest BCUT2D eigenvalue weighted by atomic mass is 16.2. The van der Waals surface area contributed by atoms with Gasteiger partial charge in [-0.05, 0) is 37.8 Å². The normalized spacial score (nSPS) is 10.4. The number of aliphatic hydroxyl groups excluding tert-OH is 1. The third-order valence-electron chi connectivity index (χ3n) is 2.83. The monoisotopic (exact) mass is 251 g/mol. The lowest BCUT2D eigenvalue weighted by Gasteiger charge is -2.18. The predicted molar refractivity (Wildman–Crippen MR) is 77.2 cm³/mol. The molecule has 0 amide bonds. The molecule has 4 nitrogen and oxygen atoms in total. The molecule has 0 unspecified atom stereocenters. The Morgan fingerprint density at radius 3 is 2.83 bits per heavy atom. The second kappa shape index (κ2) is 8.75. The fourth-order valence-corrected chi connectivity index (χ4v) is 1.74. The van der Waals surface area contributed by atoms with Gasteiger partial charge in [0.25, 0.3) is 0 Å². The van der Waals surface area contributed by atoms with Crippen LogP contribution in [-0.4, -0.2) is 36.8 Å². The van der Waals surface area contributed by atoms with Crippen molar-refractivity contribution in [2.45, 2.75) is 32.6 Å². The quantitative estimate of drug-likeness (QED) is 0.662. The van der Waals surface area contributed by atoms with Gasteiger partial charge in [-0.2, -0.15) is 0 Å². The van der Waals surface area contributed by atoms with Crippen LogP contribution >= 0.6 is 0 Å². The summed E-state index contributed by atoms with van der Waals surface area (Å²) in [7, 11) is 2.06. The third kappa shape index (κ3) is 5.36. The molecule has 4 heteroatoms. The lowest BCUT2D eigenvalue weighted by atomic mass is 10.2. The molecule has 2 N–H and O–H groups in total. The molecule has 0 aliphatic rings. The summed E-state index contributed by atoms with van der Waals surface area (Å²) in [4.78, 5) is 6.74. The summed E-state index contributed by atoms with van der Waals surface area (Å²) in [6.07, 6.45) is 4.14. The van der Waals surface area contributed by atoms with Crippen molar-refractivity contribution in [1.29, 1.82) is 0 Å². The maximum absolute atomic E-state index is 8.73. The molecule has 1 aromatic heterocycles. The molecule has 0 saturated carbocycles. The number of aliphatic hydroxyl groups is 1. The average molecular weight is 251 g/mol. The van der Waals surface area contributed by atoms with Gasteiger partial charge in [-0.15, -0.1) is 0 Å². The zero-order chi connectivity index (χ0) is 13.2. The van der Waals surface area contributed by atoms with Crippen molar-refractivity contribution in [1.82, 2.24) is 4.98 Å². The van der Waals surface area contributed by atoms with Crippen LogP contribution in [-0.2, 0) is 0 Å².